The Kier molecular flexibility index (Phi) is 5.05. The number of hydrogen-bond donors (Lipinski definition) is 1. The lowest BCUT2D eigenvalue weighted by molar-refractivity contribution is -0.125. The first-order valence-electron chi connectivity index (χ1n) is 7.74. The number of para-hydroxylation sites is 1. The molecule has 3 rings (SSSR count). The molecule has 3 aromatic rings. The maximum Gasteiger partial charge on any atom is 0.340 e. The van der Waals surface area contributed by atoms with Crippen molar-refractivity contribution in [3.63, 3.8) is 0 Å². The van der Waals surface area contributed by atoms with Gasteiger partial charge in [-0.2, -0.15) is 0 Å². The van der Waals surface area contributed by atoms with Crippen LogP contribution in [0.4, 0.5) is 0 Å². The van der Waals surface area contributed by atoms with Crippen molar-refractivity contribution in [3.8, 4) is 0 Å². The molecule has 0 spiro atoms. The van der Waals surface area contributed by atoms with Gasteiger partial charge in [0.15, 0.2) is 6.61 Å². The van der Waals surface area contributed by atoms with Crippen LogP contribution >= 0.6 is 11.6 Å². The number of furan rings is 1. The summed E-state index contributed by atoms with van der Waals surface area (Å²) in [5, 5.41) is 3.98. The van der Waals surface area contributed by atoms with Crippen LogP contribution in [-0.2, 0) is 9.53 Å². The summed E-state index contributed by atoms with van der Waals surface area (Å²) in [5.74, 6) is -0.433. The molecule has 1 aromatic heterocycles. The number of rotatable bonds is 5. The van der Waals surface area contributed by atoms with Crippen LogP contribution in [0.5, 0.6) is 0 Å². The fraction of sp³-hybridized carbons (Fsp3) is 0.158. The zero-order valence-corrected chi connectivity index (χ0v) is 14.2. The molecule has 2 aromatic carbocycles. The molecule has 128 valence electrons. The van der Waals surface area contributed by atoms with E-state index < -0.39 is 18.5 Å². The van der Waals surface area contributed by atoms with Crippen LogP contribution in [-0.4, -0.2) is 18.5 Å². The quantitative estimate of drug-likeness (QED) is 0.697. The number of hydrogen-bond acceptors (Lipinski definition) is 4. The highest BCUT2D eigenvalue weighted by atomic mass is 35.5. The monoisotopic (exact) mass is 357 g/mol. The normalized spacial score (nSPS) is 11.9. The van der Waals surface area contributed by atoms with Crippen LogP contribution in [0, 0.1) is 0 Å². The van der Waals surface area contributed by atoms with Crippen molar-refractivity contribution in [1.82, 2.24) is 5.32 Å². The fourth-order valence-corrected chi connectivity index (χ4v) is 2.62. The molecule has 1 heterocycles. The highest BCUT2D eigenvalue weighted by Gasteiger charge is 2.17. The first-order chi connectivity index (χ1) is 12.0. The van der Waals surface area contributed by atoms with Gasteiger partial charge in [0, 0.05) is 5.39 Å². The Morgan fingerprint density at radius 2 is 1.88 bits per heavy atom. The summed E-state index contributed by atoms with van der Waals surface area (Å²) in [6, 6.07) is 15.6. The Morgan fingerprint density at radius 3 is 2.64 bits per heavy atom. The molecular formula is C19H16ClNO4. The number of esters is 1. The highest BCUT2D eigenvalue weighted by Crippen LogP contribution is 2.23. The van der Waals surface area contributed by atoms with Crippen molar-refractivity contribution in [2.75, 3.05) is 6.61 Å². The van der Waals surface area contributed by atoms with E-state index in [0.717, 1.165) is 11.0 Å². The van der Waals surface area contributed by atoms with Crippen molar-refractivity contribution >= 4 is 34.4 Å². The molecule has 6 heteroatoms. The Hall–Kier alpha value is -2.79. The largest absolute Gasteiger partial charge is 0.459 e. The smallest absolute Gasteiger partial charge is 0.340 e. The molecule has 5 nitrogen and oxygen atoms in total. The van der Waals surface area contributed by atoms with Crippen molar-refractivity contribution < 1.29 is 18.7 Å². The Morgan fingerprint density at radius 1 is 1.16 bits per heavy atom. The molecule has 1 amide bonds. The summed E-state index contributed by atoms with van der Waals surface area (Å²) < 4.78 is 10.7. The predicted molar refractivity (Wildman–Crippen MR) is 94.5 cm³/mol. The zero-order valence-electron chi connectivity index (χ0n) is 13.5. The molecule has 0 unspecified atom stereocenters. The minimum absolute atomic E-state index is 0.224. The van der Waals surface area contributed by atoms with E-state index in [1.807, 2.05) is 30.3 Å². The van der Waals surface area contributed by atoms with Crippen LogP contribution in [0.1, 0.15) is 29.1 Å². The second-order valence-corrected chi connectivity index (χ2v) is 5.94. The Balaban J connectivity index is 1.57. The third-order valence-corrected chi connectivity index (χ3v) is 4.01. The second kappa shape index (κ2) is 7.40. The molecule has 0 bridgehead atoms. The van der Waals surface area contributed by atoms with E-state index >= 15 is 0 Å². The van der Waals surface area contributed by atoms with E-state index in [1.165, 1.54) is 0 Å². The minimum Gasteiger partial charge on any atom is -0.459 e. The first kappa shape index (κ1) is 17.0. The Bertz CT molecular complexity index is 885. The molecule has 25 heavy (non-hydrogen) atoms. The summed E-state index contributed by atoms with van der Waals surface area (Å²) in [6.45, 7) is 1.40. The molecule has 0 radical (unpaired) electrons. The summed E-state index contributed by atoms with van der Waals surface area (Å²) in [4.78, 5) is 23.9. The van der Waals surface area contributed by atoms with Gasteiger partial charge in [-0.25, -0.2) is 4.79 Å². The van der Waals surface area contributed by atoms with E-state index in [1.54, 1.807) is 31.2 Å². The summed E-state index contributed by atoms with van der Waals surface area (Å²) in [5.41, 5.74) is 0.978. The van der Waals surface area contributed by atoms with Gasteiger partial charge < -0.3 is 14.5 Å². The summed E-state index contributed by atoms with van der Waals surface area (Å²) >= 11 is 5.92. The van der Waals surface area contributed by atoms with Crippen LogP contribution in [0.3, 0.4) is 0 Å². The topological polar surface area (TPSA) is 68.5 Å². The van der Waals surface area contributed by atoms with Crippen LogP contribution in [0.15, 0.2) is 59.0 Å². The van der Waals surface area contributed by atoms with Crippen molar-refractivity contribution in [1.29, 1.82) is 0 Å². The highest BCUT2D eigenvalue weighted by molar-refractivity contribution is 6.33. The van der Waals surface area contributed by atoms with Crippen molar-refractivity contribution in [2.45, 2.75) is 13.0 Å². The number of nitrogens with one attached hydrogen (secondary N) is 1. The molecule has 1 atom stereocenters. The van der Waals surface area contributed by atoms with Gasteiger partial charge in [-0.1, -0.05) is 41.9 Å². The lowest BCUT2D eigenvalue weighted by atomic mass is 10.2. The molecule has 0 saturated heterocycles. The average Bonchev–Trinajstić information content (AvgIpc) is 3.04. The van der Waals surface area contributed by atoms with Gasteiger partial charge >= 0.3 is 5.97 Å². The van der Waals surface area contributed by atoms with E-state index in [2.05, 4.69) is 5.32 Å². The molecule has 0 saturated carbocycles. The molecule has 0 aliphatic carbocycles. The fourth-order valence-electron chi connectivity index (χ4n) is 2.41. The van der Waals surface area contributed by atoms with Gasteiger partial charge in [0.05, 0.1) is 16.6 Å². The Labute approximate surface area is 149 Å². The number of benzene rings is 2. The van der Waals surface area contributed by atoms with Crippen molar-refractivity contribution in [3.05, 3.63) is 70.9 Å². The standard InChI is InChI=1S/C19H16ClNO4/c1-12(17-10-13-6-2-5-9-16(13)25-17)21-18(22)11-24-19(23)14-7-3-4-8-15(14)20/h2-10,12H,11H2,1H3,(H,21,22)/t12-/m1/s1. The summed E-state index contributed by atoms with van der Waals surface area (Å²) in [7, 11) is 0. The van der Waals surface area contributed by atoms with Crippen LogP contribution < -0.4 is 5.32 Å². The van der Waals surface area contributed by atoms with Gasteiger partial charge in [-0.3, -0.25) is 4.79 Å². The van der Waals surface area contributed by atoms with Gasteiger partial charge in [0.2, 0.25) is 0 Å². The predicted octanol–water partition coefficient (Wildman–Crippen LogP) is 4.12. The molecule has 0 aliphatic heterocycles. The molecule has 0 aliphatic rings. The van der Waals surface area contributed by atoms with Gasteiger partial charge in [-0.05, 0) is 31.2 Å². The average molecular weight is 358 g/mol. The maximum absolute atomic E-state index is 12.0. The third-order valence-electron chi connectivity index (χ3n) is 3.68. The SMILES string of the molecule is C[C@@H](NC(=O)COC(=O)c1ccccc1Cl)c1cc2ccccc2o1. The lowest BCUT2D eigenvalue weighted by Gasteiger charge is -2.11. The number of halogens is 1. The van der Waals surface area contributed by atoms with E-state index in [0.29, 0.717) is 5.76 Å². The third kappa shape index (κ3) is 4.00. The van der Waals surface area contributed by atoms with Crippen molar-refractivity contribution in [2.24, 2.45) is 0 Å². The molecular weight excluding hydrogens is 342 g/mol. The number of carbonyl (C=O) groups is 2. The number of amides is 1. The lowest BCUT2D eigenvalue weighted by Crippen LogP contribution is -2.31. The van der Waals surface area contributed by atoms with Gasteiger partial charge in [0.1, 0.15) is 11.3 Å². The number of fused-ring (bicyclic) bond motifs is 1. The van der Waals surface area contributed by atoms with Gasteiger partial charge in [0.25, 0.3) is 5.91 Å². The minimum atomic E-state index is -0.642. The van der Waals surface area contributed by atoms with E-state index in [-0.39, 0.29) is 16.6 Å². The first-order valence-corrected chi connectivity index (χ1v) is 8.12. The number of ether oxygens (including phenoxy) is 1. The molecule has 0 fully saturated rings. The number of carbonyl (C=O) groups excluding carboxylic acids is 2. The molecule has 1 N–H and O–H groups in total. The zero-order chi connectivity index (χ0) is 17.8. The van der Waals surface area contributed by atoms with Crippen LogP contribution in [0.25, 0.3) is 11.0 Å². The maximum atomic E-state index is 12.0. The second-order valence-electron chi connectivity index (χ2n) is 5.53. The van der Waals surface area contributed by atoms with E-state index in [4.69, 9.17) is 20.8 Å². The summed E-state index contributed by atoms with van der Waals surface area (Å²) in [6.07, 6.45) is 0. The van der Waals surface area contributed by atoms with Crippen LogP contribution in [0.2, 0.25) is 5.02 Å². The van der Waals surface area contributed by atoms with Gasteiger partial charge in [-0.15, -0.1) is 0 Å². The van der Waals surface area contributed by atoms with E-state index in [9.17, 15) is 9.59 Å².